The molecule has 0 radical (unpaired) electrons. The molecule has 0 atom stereocenters. The van der Waals surface area contributed by atoms with Crippen LogP contribution in [0.1, 0.15) is 11.1 Å². The molecule has 20 heavy (non-hydrogen) atoms. The van der Waals surface area contributed by atoms with Crippen LogP contribution >= 0.6 is 0 Å². The lowest BCUT2D eigenvalue weighted by Gasteiger charge is -2.20. The third-order valence-corrected chi connectivity index (χ3v) is 3.04. The van der Waals surface area contributed by atoms with E-state index in [1.165, 1.54) is 18.2 Å². The summed E-state index contributed by atoms with van der Waals surface area (Å²) in [6.45, 7) is 0.343. The molecule has 2 aromatic carbocycles. The van der Waals surface area contributed by atoms with Gasteiger partial charge in [0.05, 0.1) is 0 Å². The zero-order chi connectivity index (χ0) is 14.7. The van der Waals surface area contributed by atoms with Crippen LogP contribution in [0.2, 0.25) is 0 Å². The maximum absolute atomic E-state index is 13.9. The van der Waals surface area contributed by atoms with Gasteiger partial charge in [0.25, 0.3) is 0 Å². The minimum atomic E-state index is -0.410. The fourth-order valence-corrected chi connectivity index (χ4v) is 1.89. The monoisotopic (exact) mass is 275 g/mol. The molecule has 2 aromatic rings. The van der Waals surface area contributed by atoms with Crippen LogP contribution in [0.3, 0.4) is 0 Å². The lowest BCUT2D eigenvalue weighted by Crippen LogP contribution is -2.18. The summed E-state index contributed by atoms with van der Waals surface area (Å²) in [6.07, 6.45) is 0. The summed E-state index contributed by atoms with van der Waals surface area (Å²) in [6, 6.07) is 10.5. The predicted molar refractivity (Wildman–Crippen MR) is 75.9 cm³/mol. The lowest BCUT2D eigenvalue weighted by molar-refractivity contribution is 0.607. The Bertz CT molecular complexity index is 624. The summed E-state index contributed by atoms with van der Waals surface area (Å²) in [5, 5.41) is 7.26. The molecular formula is C15H15F2N3. The fraction of sp³-hybridized carbons (Fsp3) is 0.133. The zero-order valence-corrected chi connectivity index (χ0v) is 11.0. The molecule has 0 bridgehead atoms. The molecule has 5 heteroatoms. The molecule has 0 saturated heterocycles. The Labute approximate surface area is 116 Å². The quantitative estimate of drug-likeness (QED) is 0.666. The van der Waals surface area contributed by atoms with Crippen molar-refractivity contribution >= 4 is 11.5 Å². The molecular weight excluding hydrogens is 260 g/mol. The van der Waals surface area contributed by atoms with E-state index in [0.29, 0.717) is 17.7 Å². The molecule has 2 rings (SSSR count). The highest BCUT2D eigenvalue weighted by Crippen LogP contribution is 2.18. The summed E-state index contributed by atoms with van der Waals surface area (Å²) in [5.41, 5.74) is 6.95. The molecule has 0 amide bonds. The van der Waals surface area contributed by atoms with E-state index in [2.05, 4.69) is 0 Å². The number of nitrogens with one attached hydrogen (secondary N) is 1. The van der Waals surface area contributed by atoms with E-state index in [4.69, 9.17) is 11.1 Å². The second-order valence-corrected chi connectivity index (χ2v) is 4.55. The number of nitrogen functional groups attached to an aromatic ring is 1. The van der Waals surface area contributed by atoms with Crippen LogP contribution in [-0.4, -0.2) is 12.9 Å². The lowest BCUT2D eigenvalue weighted by atomic mass is 10.1. The maximum atomic E-state index is 13.9. The van der Waals surface area contributed by atoms with Gasteiger partial charge >= 0.3 is 0 Å². The van der Waals surface area contributed by atoms with E-state index in [1.54, 1.807) is 31.3 Å². The van der Waals surface area contributed by atoms with Crippen LogP contribution in [0.5, 0.6) is 0 Å². The van der Waals surface area contributed by atoms with Crippen molar-refractivity contribution in [2.75, 3.05) is 11.9 Å². The van der Waals surface area contributed by atoms with E-state index < -0.39 is 5.82 Å². The van der Waals surface area contributed by atoms with Crippen molar-refractivity contribution in [3.63, 3.8) is 0 Å². The summed E-state index contributed by atoms with van der Waals surface area (Å²) >= 11 is 0. The fourth-order valence-electron chi connectivity index (χ4n) is 1.89. The van der Waals surface area contributed by atoms with Crippen molar-refractivity contribution < 1.29 is 8.78 Å². The first-order chi connectivity index (χ1) is 9.47. The first-order valence-corrected chi connectivity index (χ1v) is 6.07. The highest BCUT2D eigenvalue weighted by molar-refractivity contribution is 5.94. The first-order valence-electron chi connectivity index (χ1n) is 6.07. The zero-order valence-electron chi connectivity index (χ0n) is 11.0. The number of amidine groups is 1. The van der Waals surface area contributed by atoms with E-state index >= 15 is 0 Å². The minimum Gasteiger partial charge on any atom is -0.384 e. The van der Waals surface area contributed by atoms with E-state index in [0.717, 1.165) is 5.69 Å². The molecule has 0 aromatic heterocycles. The number of nitrogens with two attached hydrogens (primary N) is 1. The van der Waals surface area contributed by atoms with Crippen LogP contribution < -0.4 is 10.6 Å². The van der Waals surface area contributed by atoms with Gasteiger partial charge in [-0.3, -0.25) is 5.41 Å². The second kappa shape index (κ2) is 5.69. The first kappa shape index (κ1) is 14.0. The van der Waals surface area contributed by atoms with Crippen molar-refractivity contribution in [2.24, 2.45) is 5.73 Å². The normalized spacial score (nSPS) is 10.3. The summed E-state index contributed by atoms with van der Waals surface area (Å²) in [4.78, 5) is 1.81. The molecule has 0 saturated carbocycles. The van der Waals surface area contributed by atoms with Gasteiger partial charge < -0.3 is 10.6 Å². The van der Waals surface area contributed by atoms with E-state index in [-0.39, 0.29) is 11.7 Å². The van der Waals surface area contributed by atoms with Gasteiger partial charge in [-0.25, -0.2) is 8.78 Å². The molecule has 0 unspecified atom stereocenters. The second-order valence-electron chi connectivity index (χ2n) is 4.55. The van der Waals surface area contributed by atoms with Gasteiger partial charge in [0.15, 0.2) is 0 Å². The topological polar surface area (TPSA) is 53.1 Å². The number of anilines is 1. The Morgan fingerprint density at radius 2 is 1.80 bits per heavy atom. The highest BCUT2D eigenvalue weighted by Gasteiger charge is 2.08. The van der Waals surface area contributed by atoms with Crippen LogP contribution in [0, 0.1) is 17.0 Å². The SMILES string of the molecule is CN(Cc1ccc(C(=N)N)cc1F)c1ccc(F)cc1. The molecule has 0 aliphatic heterocycles. The number of rotatable bonds is 4. The Kier molecular flexibility index (Phi) is 3.98. The van der Waals surface area contributed by atoms with Crippen LogP contribution in [0.25, 0.3) is 0 Å². The van der Waals surface area contributed by atoms with Gasteiger partial charge in [-0.2, -0.15) is 0 Å². The van der Waals surface area contributed by atoms with Crippen LogP contribution in [-0.2, 0) is 6.54 Å². The molecule has 0 aliphatic carbocycles. The Balaban J connectivity index is 2.17. The number of nitrogens with zero attached hydrogens (tertiary/aromatic N) is 1. The van der Waals surface area contributed by atoms with Gasteiger partial charge in [-0.1, -0.05) is 12.1 Å². The van der Waals surface area contributed by atoms with E-state index in [9.17, 15) is 8.78 Å². The average molecular weight is 275 g/mol. The smallest absolute Gasteiger partial charge is 0.128 e. The number of hydrogen-bond donors (Lipinski definition) is 2. The Hall–Kier alpha value is -2.43. The largest absolute Gasteiger partial charge is 0.384 e. The van der Waals surface area contributed by atoms with Crippen molar-refractivity contribution in [3.8, 4) is 0 Å². The van der Waals surface area contributed by atoms with Crippen LogP contribution in [0.4, 0.5) is 14.5 Å². The number of hydrogen-bond acceptors (Lipinski definition) is 2. The summed E-state index contributed by atoms with van der Waals surface area (Å²) in [5.74, 6) is -0.881. The minimum absolute atomic E-state index is 0.165. The van der Waals surface area contributed by atoms with Crippen LogP contribution in [0.15, 0.2) is 42.5 Å². The Morgan fingerprint density at radius 1 is 1.15 bits per heavy atom. The molecule has 104 valence electrons. The van der Waals surface area contributed by atoms with Crippen molar-refractivity contribution in [2.45, 2.75) is 6.54 Å². The predicted octanol–water partition coefficient (Wildman–Crippen LogP) is 2.89. The standard InChI is InChI=1S/C15H15F2N3/c1-20(13-6-4-12(16)5-7-13)9-11-3-2-10(15(18)19)8-14(11)17/h2-8H,9H2,1H3,(H3,18,19). The highest BCUT2D eigenvalue weighted by atomic mass is 19.1. The van der Waals surface area contributed by atoms with Crippen molar-refractivity contribution in [1.29, 1.82) is 5.41 Å². The number of halogens is 2. The maximum Gasteiger partial charge on any atom is 0.128 e. The summed E-state index contributed by atoms with van der Waals surface area (Å²) in [7, 11) is 1.80. The van der Waals surface area contributed by atoms with Crippen molar-refractivity contribution in [3.05, 3.63) is 65.2 Å². The van der Waals surface area contributed by atoms with Gasteiger partial charge in [0.1, 0.15) is 17.5 Å². The molecule has 0 fully saturated rings. The van der Waals surface area contributed by atoms with E-state index in [1.807, 2.05) is 4.90 Å². The van der Waals surface area contributed by atoms with Crippen molar-refractivity contribution in [1.82, 2.24) is 0 Å². The van der Waals surface area contributed by atoms with Gasteiger partial charge in [0, 0.05) is 30.4 Å². The molecule has 3 nitrogen and oxygen atoms in total. The third kappa shape index (κ3) is 3.12. The van der Waals surface area contributed by atoms with Gasteiger partial charge in [-0.15, -0.1) is 0 Å². The Morgan fingerprint density at radius 3 is 2.35 bits per heavy atom. The van der Waals surface area contributed by atoms with Gasteiger partial charge in [0.2, 0.25) is 0 Å². The average Bonchev–Trinajstić information content (AvgIpc) is 2.41. The summed E-state index contributed by atoms with van der Waals surface area (Å²) < 4.78 is 26.8. The number of benzene rings is 2. The molecule has 0 spiro atoms. The third-order valence-electron chi connectivity index (χ3n) is 3.04. The molecule has 0 heterocycles. The molecule has 3 N–H and O–H groups in total. The molecule has 0 aliphatic rings. The van der Waals surface area contributed by atoms with Gasteiger partial charge in [-0.05, 0) is 30.3 Å².